The van der Waals surface area contributed by atoms with Crippen molar-refractivity contribution in [3.05, 3.63) is 29.2 Å². The first kappa shape index (κ1) is 18.6. The summed E-state index contributed by atoms with van der Waals surface area (Å²) in [4.78, 5) is 4.27. The molecule has 0 saturated heterocycles. The molecule has 1 heterocycles. The van der Waals surface area contributed by atoms with Crippen LogP contribution in [0.25, 0.3) is 0 Å². The predicted octanol–water partition coefficient (Wildman–Crippen LogP) is 4.13. The van der Waals surface area contributed by atoms with Crippen LogP contribution in [0.3, 0.4) is 0 Å². The first-order chi connectivity index (χ1) is 11.8. The Morgan fingerprint density at radius 2 is 2.12 bits per heavy atom. The lowest BCUT2D eigenvalue weighted by molar-refractivity contribution is 0.368. The SMILES string of the molecule is CCC(CC)c1cc(CNC(=NC)NCCC2=CCCCC2)on1. The molecule has 0 saturated carbocycles. The third-order valence-electron chi connectivity index (χ3n) is 4.76. The maximum Gasteiger partial charge on any atom is 0.191 e. The van der Waals surface area contributed by atoms with E-state index in [1.165, 1.54) is 25.7 Å². The number of hydrogen-bond acceptors (Lipinski definition) is 3. The zero-order valence-corrected chi connectivity index (χ0v) is 15.4. The quantitative estimate of drug-likeness (QED) is 0.427. The lowest BCUT2D eigenvalue weighted by Gasteiger charge is -2.14. The van der Waals surface area contributed by atoms with Crippen molar-refractivity contribution >= 4 is 5.96 Å². The minimum Gasteiger partial charge on any atom is -0.359 e. The van der Waals surface area contributed by atoms with Gasteiger partial charge in [0, 0.05) is 25.6 Å². The van der Waals surface area contributed by atoms with Crippen molar-refractivity contribution in [1.82, 2.24) is 15.8 Å². The van der Waals surface area contributed by atoms with Gasteiger partial charge in [-0.3, -0.25) is 4.99 Å². The second kappa shape index (κ2) is 10.2. The van der Waals surface area contributed by atoms with E-state index in [-0.39, 0.29) is 0 Å². The van der Waals surface area contributed by atoms with E-state index >= 15 is 0 Å². The molecule has 5 heteroatoms. The molecule has 5 nitrogen and oxygen atoms in total. The molecule has 24 heavy (non-hydrogen) atoms. The van der Waals surface area contributed by atoms with Crippen LogP contribution in [-0.2, 0) is 6.54 Å². The zero-order valence-electron chi connectivity index (χ0n) is 15.4. The van der Waals surface area contributed by atoms with Crippen LogP contribution in [0.15, 0.2) is 27.2 Å². The van der Waals surface area contributed by atoms with E-state index in [0.29, 0.717) is 12.5 Å². The fraction of sp³-hybridized carbons (Fsp3) is 0.684. The number of nitrogens with one attached hydrogen (secondary N) is 2. The normalized spacial score (nSPS) is 15.5. The summed E-state index contributed by atoms with van der Waals surface area (Å²) >= 11 is 0. The third kappa shape index (κ3) is 5.69. The van der Waals surface area contributed by atoms with Crippen LogP contribution in [-0.4, -0.2) is 24.7 Å². The van der Waals surface area contributed by atoms with E-state index in [9.17, 15) is 0 Å². The number of aliphatic imine (C=N–C) groups is 1. The summed E-state index contributed by atoms with van der Waals surface area (Å²) in [7, 11) is 1.80. The topological polar surface area (TPSA) is 62.5 Å². The van der Waals surface area contributed by atoms with Crippen molar-refractivity contribution in [2.45, 2.75) is 71.3 Å². The number of rotatable bonds is 8. The summed E-state index contributed by atoms with van der Waals surface area (Å²) in [6, 6.07) is 2.06. The molecule has 0 atom stereocenters. The Hall–Kier alpha value is -1.78. The maximum absolute atomic E-state index is 5.44. The number of hydrogen-bond donors (Lipinski definition) is 2. The van der Waals surface area contributed by atoms with Crippen LogP contribution in [0.1, 0.15) is 76.2 Å². The fourth-order valence-corrected chi connectivity index (χ4v) is 3.18. The van der Waals surface area contributed by atoms with Crippen LogP contribution in [0.4, 0.5) is 0 Å². The smallest absolute Gasteiger partial charge is 0.191 e. The number of allylic oxidation sites excluding steroid dienone is 1. The summed E-state index contributed by atoms with van der Waals surface area (Å²) in [5, 5.41) is 10.9. The second-order valence-electron chi connectivity index (χ2n) is 6.44. The first-order valence-corrected chi connectivity index (χ1v) is 9.34. The standard InChI is InChI=1S/C19H32N4O/c1-4-16(5-2)18-13-17(24-23-18)14-22-19(20-3)21-12-11-15-9-7-6-8-10-15/h9,13,16H,4-8,10-12,14H2,1-3H3,(H2,20,21,22). The summed E-state index contributed by atoms with van der Waals surface area (Å²) < 4.78 is 5.44. The number of guanidine groups is 1. The van der Waals surface area contributed by atoms with Crippen LogP contribution in [0.2, 0.25) is 0 Å². The minimum absolute atomic E-state index is 0.490. The van der Waals surface area contributed by atoms with E-state index < -0.39 is 0 Å². The lowest BCUT2D eigenvalue weighted by atomic mass is 9.97. The Balaban J connectivity index is 1.74. The van der Waals surface area contributed by atoms with Gasteiger partial charge in [-0.15, -0.1) is 0 Å². The van der Waals surface area contributed by atoms with Gasteiger partial charge in [-0.25, -0.2) is 0 Å². The molecule has 0 spiro atoms. The molecule has 0 bridgehead atoms. The highest BCUT2D eigenvalue weighted by Gasteiger charge is 2.13. The van der Waals surface area contributed by atoms with Gasteiger partial charge in [0.05, 0.1) is 12.2 Å². The maximum atomic E-state index is 5.44. The van der Waals surface area contributed by atoms with Crippen molar-refractivity contribution in [3.8, 4) is 0 Å². The molecule has 2 rings (SSSR count). The molecule has 0 aromatic carbocycles. The van der Waals surface area contributed by atoms with Crippen LogP contribution >= 0.6 is 0 Å². The molecule has 1 aromatic rings. The number of aromatic nitrogens is 1. The molecule has 0 aliphatic heterocycles. The largest absolute Gasteiger partial charge is 0.359 e. The van der Waals surface area contributed by atoms with Gasteiger partial charge in [0.15, 0.2) is 11.7 Å². The van der Waals surface area contributed by atoms with Gasteiger partial charge in [-0.1, -0.05) is 30.7 Å². The van der Waals surface area contributed by atoms with Gasteiger partial charge in [-0.05, 0) is 44.9 Å². The van der Waals surface area contributed by atoms with Gasteiger partial charge < -0.3 is 15.2 Å². The highest BCUT2D eigenvalue weighted by Crippen LogP contribution is 2.22. The summed E-state index contributed by atoms with van der Waals surface area (Å²) in [5.74, 6) is 2.16. The summed E-state index contributed by atoms with van der Waals surface area (Å²) in [6.45, 7) is 5.90. The van der Waals surface area contributed by atoms with Gasteiger partial charge in [0.25, 0.3) is 0 Å². The first-order valence-electron chi connectivity index (χ1n) is 9.34. The van der Waals surface area contributed by atoms with Gasteiger partial charge in [0.1, 0.15) is 0 Å². The Bertz CT molecular complexity index is 543. The van der Waals surface area contributed by atoms with Crippen LogP contribution in [0.5, 0.6) is 0 Å². The Labute approximate surface area is 146 Å². The van der Waals surface area contributed by atoms with Crippen molar-refractivity contribution in [1.29, 1.82) is 0 Å². The molecular formula is C19H32N4O. The van der Waals surface area contributed by atoms with Gasteiger partial charge in [-0.2, -0.15) is 0 Å². The van der Waals surface area contributed by atoms with Gasteiger partial charge >= 0.3 is 0 Å². The zero-order chi connectivity index (χ0) is 17.2. The van der Waals surface area contributed by atoms with Crippen molar-refractivity contribution in [2.75, 3.05) is 13.6 Å². The highest BCUT2D eigenvalue weighted by molar-refractivity contribution is 5.79. The Kier molecular flexibility index (Phi) is 7.86. The summed E-state index contributed by atoms with van der Waals surface area (Å²) in [5.41, 5.74) is 2.64. The minimum atomic E-state index is 0.490. The molecule has 1 aromatic heterocycles. The molecule has 0 amide bonds. The van der Waals surface area contributed by atoms with Crippen LogP contribution in [0, 0.1) is 0 Å². The van der Waals surface area contributed by atoms with Crippen molar-refractivity contribution in [2.24, 2.45) is 4.99 Å². The Morgan fingerprint density at radius 3 is 2.79 bits per heavy atom. The molecule has 0 fully saturated rings. The molecular weight excluding hydrogens is 300 g/mol. The third-order valence-corrected chi connectivity index (χ3v) is 4.76. The van der Waals surface area contributed by atoms with E-state index in [0.717, 1.165) is 43.2 Å². The van der Waals surface area contributed by atoms with Crippen molar-refractivity contribution < 1.29 is 4.52 Å². The molecule has 134 valence electrons. The van der Waals surface area contributed by atoms with E-state index in [1.54, 1.807) is 12.6 Å². The van der Waals surface area contributed by atoms with E-state index in [1.807, 2.05) is 0 Å². The lowest BCUT2D eigenvalue weighted by Crippen LogP contribution is -2.37. The average Bonchev–Trinajstić information content (AvgIpc) is 3.08. The second-order valence-corrected chi connectivity index (χ2v) is 6.44. The summed E-state index contributed by atoms with van der Waals surface area (Å²) in [6.07, 6.45) is 10.9. The van der Waals surface area contributed by atoms with E-state index in [4.69, 9.17) is 4.52 Å². The predicted molar refractivity (Wildman–Crippen MR) is 99.2 cm³/mol. The average molecular weight is 332 g/mol. The fourth-order valence-electron chi connectivity index (χ4n) is 3.18. The molecule has 0 radical (unpaired) electrons. The van der Waals surface area contributed by atoms with Crippen LogP contribution < -0.4 is 10.6 Å². The molecule has 1 aliphatic carbocycles. The van der Waals surface area contributed by atoms with Crippen molar-refractivity contribution in [3.63, 3.8) is 0 Å². The van der Waals surface area contributed by atoms with E-state index in [2.05, 4.69) is 46.8 Å². The number of nitrogens with zero attached hydrogens (tertiary/aromatic N) is 2. The molecule has 0 unspecified atom stereocenters. The highest BCUT2D eigenvalue weighted by atomic mass is 16.5. The Morgan fingerprint density at radius 1 is 1.29 bits per heavy atom. The van der Waals surface area contributed by atoms with Gasteiger partial charge in [0.2, 0.25) is 0 Å². The molecule has 2 N–H and O–H groups in total. The molecule has 1 aliphatic rings. The monoisotopic (exact) mass is 332 g/mol.